The summed E-state index contributed by atoms with van der Waals surface area (Å²) in [7, 11) is 0. The van der Waals surface area contributed by atoms with Gasteiger partial charge in [-0.15, -0.1) is 0 Å². The number of benzene rings is 1. The fraction of sp³-hybridized carbons (Fsp3) is 0.562. The minimum atomic E-state index is 0.0693. The third kappa shape index (κ3) is 4.44. The average Bonchev–Trinajstić information content (AvgIpc) is 2.95. The highest BCUT2D eigenvalue weighted by atomic mass is 16.5. The van der Waals surface area contributed by atoms with Crippen LogP contribution in [0, 0.1) is 5.92 Å². The van der Waals surface area contributed by atoms with E-state index in [0.29, 0.717) is 24.6 Å². The SMILES string of the molecule is CC(NC(=O)CCOc1ccc(N)cc1)C1CCCC1. The zero-order valence-corrected chi connectivity index (χ0v) is 12.1. The van der Waals surface area contributed by atoms with Gasteiger partial charge in [0.1, 0.15) is 5.75 Å². The fourth-order valence-corrected chi connectivity index (χ4v) is 2.73. The van der Waals surface area contributed by atoms with Crippen molar-refractivity contribution in [2.45, 2.75) is 45.1 Å². The highest BCUT2D eigenvalue weighted by Gasteiger charge is 2.22. The first-order chi connectivity index (χ1) is 9.65. The number of carbonyl (C=O) groups is 1. The second-order valence-electron chi connectivity index (χ2n) is 5.57. The monoisotopic (exact) mass is 276 g/mol. The molecule has 0 radical (unpaired) electrons. The maximum absolute atomic E-state index is 11.8. The molecule has 1 aliphatic carbocycles. The summed E-state index contributed by atoms with van der Waals surface area (Å²) in [6.45, 7) is 2.50. The maximum Gasteiger partial charge on any atom is 0.223 e. The summed E-state index contributed by atoms with van der Waals surface area (Å²) in [5.74, 6) is 1.47. The quantitative estimate of drug-likeness (QED) is 0.785. The van der Waals surface area contributed by atoms with E-state index in [1.165, 1.54) is 25.7 Å². The zero-order chi connectivity index (χ0) is 14.4. The number of hydrogen-bond acceptors (Lipinski definition) is 3. The Balaban J connectivity index is 1.65. The van der Waals surface area contributed by atoms with Crippen molar-refractivity contribution in [2.75, 3.05) is 12.3 Å². The van der Waals surface area contributed by atoms with Crippen LogP contribution in [0.3, 0.4) is 0 Å². The van der Waals surface area contributed by atoms with E-state index in [0.717, 1.165) is 5.75 Å². The fourth-order valence-electron chi connectivity index (χ4n) is 2.73. The van der Waals surface area contributed by atoms with E-state index in [1.54, 1.807) is 12.1 Å². The molecule has 1 atom stereocenters. The molecule has 3 N–H and O–H groups in total. The molecular formula is C16H24N2O2. The number of ether oxygens (including phenoxy) is 1. The standard InChI is InChI=1S/C16H24N2O2/c1-12(13-4-2-3-5-13)18-16(19)10-11-20-15-8-6-14(17)7-9-15/h6-9,12-13H,2-5,10-11,17H2,1H3,(H,18,19). The molecule has 0 bridgehead atoms. The summed E-state index contributed by atoms with van der Waals surface area (Å²) in [6, 6.07) is 7.49. The topological polar surface area (TPSA) is 64.3 Å². The minimum absolute atomic E-state index is 0.0693. The van der Waals surface area contributed by atoms with Crippen molar-refractivity contribution in [2.24, 2.45) is 5.92 Å². The molecule has 20 heavy (non-hydrogen) atoms. The lowest BCUT2D eigenvalue weighted by molar-refractivity contribution is -0.122. The lowest BCUT2D eigenvalue weighted by Gasteiger charge is -2.20. The van der Waals surface area contributed by atoms with E-state index >= 15 is 0 Å². The van der Waals surface area contributed by atoms with E-state index in [1.807, 2.05) is 12.1 Å². The Morgan fingerprint density at radius 2 is 2.00 bits per heavy atom. The van der Waals surface area contributed by atoms with Crippen molar-refractivity contribution in [3.05, 3.63) is 24.3 Å². The van der Waals surface area contributed by atoms with Gasteiger partial charge in [0.2, 0.25) is 5.91 Å². The molecule has 1 unspecified atom stereocenters. The summed E-state index contributed by atoms with van der Waals surface area (Å²) in [4.78, 5) is 11.8. The van der Waals surface area contributed by atoms with Crippen LogP contribution in [-0.2, 0) is 4.79 Å². The molecule has 1 aromatic carbocycles. The van der Waals surface area contributed by atoms with Crippen molar-refractivity contribution in [3.8, 4) is 5.75 Å². The van der Waals surface area contributed by atoms with Crippen LogP contribution in [0.4, 0.5) is 5.69 Å². The number of rotatable bonds is 6. The van der Waals surface area contributed by atoms with Crippen LogP contribution >= 0.6 is 0 Å². The van der Waals surface area contributed by atoms with Crippen molar-refractivity contribution in [1.29, 1.82) is 0 Å². The van der Waals surface area contributed by atoms with Crippen LogP contribution in [0.25, 0.3) is 0 Å². The first kappa shape index (κ1) is 14.7. The minimum Gasteiger partial charge on any atom is -0.493 e. The van der Waals surface area contributed by atoms with Crippen LogP contribution in [0.5, 0.6) is 5.75 Å². The van der Waals surface area contributed by atoms with Gasteiger partial charge in [0.05, 0.1) is 13.0 Å². The van der Waals surface area contributed by atoms with E-state index in [2.05, 4.69) is 12.2 Å². The molecule has 1 aromatic rings. The number of nitrogen functional groups attached to an aromatic ring is 1. The van der Waals surface area contributed by atoms with Crippen LogP contribution in [-0.4, -0.2) is 18.6 Å². The van der Waals surface area contributed by atoms with Gasteiger partial charge in [0.15, 0.2) is 0 Å². The third-order valence-corrected chi connectivity index (χ3v) is 3.97. The zero-order valence-electron chi connectivity index (χ0n) is 12.1. The lowest BCUT2D eigenvalue weighted by atomic mass is 10.00. The first-order valence-corrected chi connectivity index (χ1v) is 7.43. The Kier molecular flexibility index (Phi) is 5.27. The molecule has 4 nitrogen and oxygen atoms in total. The lowest BCUT2D eigenvalue weighted by Crippen LogP contribution is -2.37. The number of hydrogen-bond donors (Lipinski definition) is 2. The molecule has 0 aliphatic heterocycles. The van der Waals surface area contributed by atoms with Crippen LogP contribution in [0.1, 0.15) is 39.0 Å². The van der Waals surface area contributed by atoms with E-state index in [-0.39, 0.29) is 11.9 Å². The van der Waals surface area contributed by atoms with E-state index in [9.17, 15) is 4.79 Å². The molecule has 0 saturated heterocycles. The van der Waals surface area contributed by atoms with Crippen LogP contribution < -0.4 is 15.8 Å². The molecular weight excluding hydrogens is 252 g/mol. The second kappa shape index (κ2) is 7.17. The first-order valence-electron chi connectivity index (χ1n) is 7.43. The maximum atomic E-state index is 11.8. The second-order valence-corrected chi connectivity index (χ2v) is 5.57. The smallest absolute Gasteiger partial charge is 0.223 e. The van der Waals surface area contributed by atoms with Gasteiger partial charge in [-0.05, 0) is 49.9 Å². The molecule has 1 saturated carbocycles. The van der Waals surface area contributed by atoms with Gasteiger partial charge in [0.25, 0.3) is 0 Å². The highest BCUT2D eigenvalue weighted by molar-refractivity contribution is 5.76. The van der Waals surface area contributed by atoms with Gasteiger partial charge in [-0.2, -0.15) is 0 Å². The predicted molar refractivity (Wildman–Crippen MR) is 80.5 cm³/mol. The van der Waals surface area contributed by atoms with Gasteiger partial charge < -0.3 is 15.8 Å². The molecule has 2 rings (SSSR count). The van der Waals surface area contributed by atoms with Crippen molar-refractivity contribution < 1.29 is 9.53 Å². The number of amides is 1. The Hall–Kier alpha value is -1.71. The molecule has 1 amide bonds. The molecule has 0 aromatic heterocycles. The molecule has 0 spiro atoms. The van der Waals surface area contributed by atoms with Gasteiger partial charge >= 0.3 is 0 Å². The predicted octanol–water partition coefficient (Wildman–Crippen LogP) is 2.73. The Labute approximate surface area is 120 Å². The normalized spacial score (nSPS) is 16.9. The Morgan fingerprint density at radius 3 is 2.65 bits per heavy atom. The van der Waals surface area contributed by atoms with Gasteiger partial charge in [0, 0.05) is 11.7 Å². The number of anilines is 1. The number of nitrogens with two attached hydrogens (primary N) is 1. The van der Waals surface area contributed by atoms with Crippen molar-refractivity contribution >= 4 is 11.6 Å². The van der Waals surface area contributed by atoms with Crippen molar-refractivity contribution in [3.63, 3.8) is 0 Å². The van der Waals surface area contributed by atoms with Crippen LogP contribution in [0.2, 0.25) is 0 Å². The van der Waals surface area contributed by atoms with Gasteiger partial charge in [-0.3, -0.25) is 4.79 Å². The van der Waals surface area contributed by atoms with Gasteiger partial charge in [-0.25, -0.2) is 0 Å². The summed E-state index contributed by atoms with van der Waals surface area (Å²) in [5, 5.41) is 3.08. The van der Waals surface area contributed by atoms with E-state index in [4.69, 9.17) is 10.5 Å². The number of nitrogens with one attached hydrogen (secondary N) is 1. The summed E-state index contributed by atoms with van der Waals surface area (Å²) in [5.41, 5.74) is 6.31. The van der Waals surface area contributed by atoms with Gasteiger partial charge in [-0.1, -0.05) is 12.8 Å². The summed E-state index contributed by atoms with van der Waals surface area (Å²) >= 11 is 0. The van der Waals surface area contributed by atoms with E-state index < -0.39 is 0 Å². The van der Waals surface area contributed by atoms with Crippen LogP contribution in [0.15, 0.2) is 24.3 Å². The Bertz CT molecular complexity index is 425. The summed E-state index contributed by atoms with van der Waals surface area (Å²) in [6.07, 6.45) is 5.46. The molecule has 0 heterocycles. The Morgan fingerprint density at radius 1 is 1.35 bits per heavy atom. The number of carbonyl (C=O) groups excluding carboxylic acids is 1. The largest absolute Gasteiger partial charge is 0.493 e. The molecule has 4 heteroatoms. The molecule has 1 aliphatic rings. The third-order valence-electron chi connectivity index (χ3n) is 3.97. The molecule has 1 fully saturated rings. The molecule has 110 valence electrons. The highest BCUT2D eigenvalue weighted by Crippen LogP contribution is 2.27. The summed E-state index contributed by atoms with van der Waals surface area (Å²) < 4.78 is 5.52. The average molecular weight is 276 g/mol. The van der Waals surface area contributed by atoms with Crippen molar-refractivity contribution in [1.82, 2.24) is 5.32 Å².